The molecule has 0 bridgehead atoms. The Kier molecular flexibility index (Phi) is 4.38. The lowest BCUT2D eigenvalue weighted by atomic mass is 10.2. The molecule has 0 aromatic heterocycles. The molecule has 0 saturated carbocycles. The zero-order valence-corrected chi connectivity index (χ0v) is 11.6. The second-order valence-electron chi connectivity index (χ2n) is 4.68. The quantitative estimate of drug-likeness (QED) is 0.894. The van der Waals surface area contributed by atoms with Crippen LogP contribution in [-0.4, -0.2) is 49.7 Å². The van der Waals surface area contributed by atoms with E-state index >= 15 is 0 Å². The van der Waals surface area contributed by atoms with Crippen LogP contribution in [0.2, 0.25) is 0 Å². The molecule has 1 fully saturated rings. The molecule has 0 amide bonds. The molecule has 5 nitrogen and oxygen atoms in total. The molecule has 1 aliphatic heterocycles. The Bertz CT molecular complexity index is 573. The van der Waals surface area contributed by atoms with Gasteiger partial charge >= 0.3 is 0 Å². The molecule has 1 saturated heterocycles. The predicted octanol–water partition coefficient (Wildman–Crippen LogP) is 0.735. The molecule has 20 heavy (non-hydrogen) atoms. The Morgan fingerprint density at radius 2 is 1.90 bits per heavy atom. The van der Waals surface area contributed by atoms with E-state index in [9.17, 15) is 17.2 Å². The molecule has 2 atom stereocenters. The maximum absolute atomic E-state index is 13.2. The number of halogens is 2. The van der Waals surface area contributed by atoms with Crippen LogP contribution < -0.4 is 0 Å². The summed E-state index contributed by atoms with van der Waals surface area (Å²) < 4.78 is 57.4. The van der Waals surface area contributed by atoms with E-state index in [1.54, 1.807) is 6.92 Å². The molecule has 1 heterocycles. The zero-order chi connectivity index (χ0) is 14.9. The smallest absolute Gasteiger partial charge is 0.243 e. The standard InChI is InChI=1S/C12H15F2NO4S/c1-8-5-15(6-11(7-16)19-8)20(17,18)12-3-9(13)2-10(14)4-12/h2-4,8,11,16H,5-7H2,1H3. The van der Waals surface area contributed by atoms with Gasteiger partial charge in [-0.1, -0.05) is 0 Å². The summed E-state index contributed by atoms with van der Waals surface area (Å²) in [7, 11) is -4.02. The Balaban J connectivity index is 2.34. The lowest BCUT2D eigenvalue weighted by Crippen LogP contribution is -2.50. The van der Waals surface area contributed by atoms with Crippen molar-refractivity contribution in [2.75, 3.05) is 19.7 Å². The summed E-state index contributed by atoms with van der Waals surface area (Å²) in [5.41, 5.74) is 0. The number of rotatable bonds is 3. The van der Waals surface area contributed by atoms with Crippen molar-refractivity contribution >= 4 is 10.0 Å². The number of sulfonamides is 1. The topological polar surface area (TPSA) is 66.8 Å². The fourth-order valence-electron chi connectivity index (χ4n) is 2.13. The molecule has 2 unspecified atom stereocenters. The molecule has 2 rings (SSSR count). The first-order valence-electron chi connectivity index (χ1n) is 6.05. The predicted molar refractivity (Wildman–Crippen MR) is 66.5 cm³/mol. The summed E-state index contributed by atoms with van der Waals surface area (Å²) >= 11 is 0. The van der Waals surface area contributed by atoms with Crippen molar-refractivity contribution in [2.45, 2.75) is 24.0 Å². The minimum atomic E-state index is -4.02. The van der Waals surface area contributed by atoms with Crippen molar-refractivity contribution in [2.24, 2.45) is 0 Å². The first-order valence-corrected chi connectivity index (χ1v) is 7.49. The highest BCUT2D eigenvalue weighted by Gasteiger charge is 2.34. The molecule has 0 spiro atoms. The van der Waals surface area contributed by atoms with Crippen LogP contribution in [0.15, 0.2) is 23.1 Å². The number of hydrogen-bond donors (Lipinski definition) is 1. The number of benzene rings is 1. The van der Waals surface area contributed by atoms with Crippen molar-refractivity contribution in [1.29, 1.82) is 0 Å². The highest BCUT2D eigenvalue weighted by atomic mass is 32.2. The van der Waals surface area contributed by atoms with E-state index < -0.39 is 38.8 Å². The van der Waals surface area contributed by atoms with Gasteiger partial charge in [-0.3, -0.25) is 0 Å². The van der Waals surface area contributed by atoms with Crippen LogP contribution in [0.4, 0.5) is 8.78 Å². The lowest BCUT2D eigenvalue weighted by Gasteiger charge is -2.35. The maximum Gasteiger partial charge on any atom is 0.243 e. The van der Waals surface area contributed by atoms with E-state index in [-0.39, 0.29) is 19.7 Å². The highest BCUT2D eigenvalue weighted by molar-refractivity contribution is 7.89. The Morgan fingerprint density at radius 1 is 1.30 bits per heavy atom. The van der Waals surface area contributed by atoms with Crippen LogP contribution in [-0.2, 0) is 14.8 Å². The molecule has 1 aromatic rings. The third-order valence-electron chi connectivity index (χ3n) is 2.97. The fraction of sp³-hybridized carbons (Fsp3) is 0.500. The molecule has 1 aliphatic rings. The minimum absolute atomic E-state index is 0.0543. The van der Waals surface area contributed by atoms with Crippen LogP contribution in [0.5, 0.6) is 0 Å². The van der Waals surface area contributed by atoms with Gasteiger partial charge < -0.3 is 9.84 Å². The van der Waals surface area contributed by atoms with Crippen molar-refractivity contribution in [3.63, 3.8) is 0 Å². The minimum Gasteiger partial charge on any atom is -0.394 e. The summed E-state index contributed by atoms with van der Waals surface area (Å²) in [4.78, 5) is -0.444. The van der Waals surface area contributed by atoms with Crippen molar-refractivity contribution < 1.29 is 27.0 Å². The SMILES string of the molecule is CC1CN(S(=O)(=O)c2cc(F)cc(F)c2)CC(CO)O1. The van der Waals surface area contributed by atoms with Gasteiger partial charge in [0.2, 0.25) is 10.0 Å². The molecule has 8 heteroatoms. The summed E-state index contributed by atoms with van der Waals surface area (Å²) in [6, 6.07) is 2.15. The van der Waals surface area contributed by atoms with E-state index in [2.05, 4.69) is 0 Å². The van der Waals surface area contributed by atoms with Gasteiger partial charge in [0.25, 0.3) is 0 Å². The monoisotopic (exact) mass is 307 g/mol. The Hall–Kier alpha value is -1.09. The summed E-state index contributed by atoms with van der Waals surface area (Å²) in [5.74, 6) is -1.91. The van der Waals surface area contributed by atoms with Crippen LogP contribution in [0.3, 0.4) is 0 Å². The number of nitrogens with zero attached hydrogens (tertiary/aromatic N) is 1. The van der Waals surface area contributed by atoms with Gasteiger partial charge in [-0.15, -0.1) is 0 Å². The Labute approximate surface area is 115 Å². The first-order chi connectivity index (χ1) is 9.32. The molecule has 0 aliphatic carbocycles. The lowest BCUT2D eigenvalue weighted by molar-refractivity contribution is -0.0750. The van der Waals surface area contributed by atoms with E-state index in [4.69, 9.17) is 9.84 Å². The maximum atomic E-state index is 13.2. The van der Waals surface area contributed by atoms with E-state index in [0.717, 1.165) is 16.4 Å². The average Bonchev–Trinajstić information content (AvgIpc) is 2.36. The van der Waals surface area contributed by atoms with Gasteiger partial charge in [-0.2, -0.15) is 4.31 Å². The van der Waals surface area contributed by atoms with Crippen molar-refractivity contribution in [3.8, 4) is 0 Å². The molecule has 1 N–H and O–H groups in total. The van der Waals surface area contributed by atoms with Gasteiger partial charge in [0, 0.05) is 19.2 Å². The summed E-state index contributed by atoms with van der Waals surface area (Å²) in [5, 5.41) is 9.08. The molecular weight excluding hydrogens is 292 g/mol. The second-order valence-corrected chi connectivity index (χ2v) is 6.62. The summed E-state index contributed by atoms with van der Waals surface area (Å²) in [6.07, 6.45) is -1.05. The number of ether oxygens (including phenoxy) is 1. The molecule has 1 aromatic carbocycles. The van der Waals surface area contributed by atoms with E-state index in [1.165, 1.54) is 0 Å². The number of hydrogen-bond acceptors (Lipinski definition) is 4. The Morgan fingerprint density at radius 3 is 2.45 bits per heavy atom. The van der Waals surface area contributed by atoms with Crippen LogP contribution in [0.1, 0.15) is 6.92 Å². The third kappa shape index (κ3) is 3.14. The van der Waals surface area contributed by atoms with Crippen LogP contribution in [0.25, 0.3) is 0 Å². The van der Waals surface area contributed by atoms with Gasteiger partial charge in [0.15, 0.2) is 0 Å². The summed E-state index contributed by atoms with van der Waals surface area (Å²) in [6.45, 7) is 1.35. The van der Waals surface area contributed by atoms with Gasteiger partial charge in [-0.05, 0) is 19.1 Å². The highest BCUT2D eigenvalue weighted by Crippen LogP contribution is 2.22. The zero-order valence-electron chi connectivity index (χ0n) is 10.8. The normalized spacial score (nSPS) is 24.8. The van der Waals surface area contributed by atoms with Crippen molar-refractivity contribution in [3.05, 3.63) is 29.8 Å². The van der Waals surface area contributed by atoms with E-state index in [1.807, 2.05) is 0 Å². The number of aliphatic hydroxyl groups is 1. The largest absolute Gasteiger partial charge is 0.394 e. The number of aliphatic hydroxyl groups excluding tert-OH is 1. The van der Waals surface area contributed by atoms with Gasteiger partial charge in [0.05, 0.1) is 23.7 Å². The van der Waals surface area contributed by atoms with Gasteiger partial charge in [-0.25, -0.2) is 17.2 Å². The second kappa shape index (κ2) is 5.72. The third-order valence-corrected chi connectivity index (χ3v) is 4.78. The van der Waals surface area contributed by atoms with Crippen molar-refractivity contribution in [1.82, 2.24) is 4.31 Å². The molecule has 112 valence electrons. The van der Waals surface area contributed by atoms with E-state index in [0.29, 0.717) is 6.07 Å². The first kappa shape index (κ1) is 15.3. The fourth-order valence-corrected chi connectivity index (χ4v) is 3.72. The van der Waals surface area contributed by atoms with Gasteiger partial charge in [0.1, 0.15) is 11.6 Å². The molecule has 0 radical (unpaired) electrons. The average molecular weight is 307 g/mol. The molecular formula is C12H15F2NO4S. The van der Waals surface area contributed by atoms with Crippen LogP contribution in [0, 0.1) is 11.6 Å². The van der Waals surface area contributed by atoms with Crippen LogP contribution >= 0.6 is 0 Å². The number of morpholine rings is 1.